The molecule has 1 aliphatic rings. The second-order valence-corrected chi connectivity index (χ2v) is 6.26. The SMILES string of the molecule is COc1ccc(C2=NC(=CC(Br)=Cc3ccccc3)C(=O)O2)cc1OC. The number of halogens is 1. The monoisotopic (exact) mass is 413 g/mol. The molecule has 6 heteroatoms. The van der Waals surface area contributed by atoms with Crippen molar-refractivity contribution in [1.29, 1.82) is 0 Å². The molecule has 26 heavy (non-hydrogen) atoms. The van der Waals surface area contributed by atoms with E-state index >= 15 is 0 Å². The molecule has 0 bridgehead atoms. The minimum absolute atomic E-state index is 0.217. The average molecular weight is 414 g/mol. The summed E-state index contributed by atoms with van der Waals surface area (Å²) in [6, 6.07) is 15.0. The second kappa shape index (κ2) is 8.01. The van der Waals surface area contributed by atoms with E-state index in [9.17, 15) is 4.79 Å². The maximum absolute atomic E-state index is 12.1. The molecule has 0 aliphatic carbocycles. The van der Waals surface area contributed by atoms with Crippen LogP contribution < -0.4 is 9.47 Å². The number of aliphatic imine (C=N–C) groups is 1. The summed E-state index contributed by atoms with van der Waals surface area (Å²) in [5, 5.41) is 0. The van der Waals surface area contributed by atoms with Gasteiger partial charge in [0.25, 0.3) is 0 Å². The molecule has 0 atom stereocenters. The van der Waals surface area contributed by atoms with Gasteiger partial charge in [0.1, 0.15) is 0 Å². The van der Waals surface area contributed by atoms with E-state index in [-0.39, 0.29) is 11.6 Å². The number of hydrogen-bond donors (Lipinski definition) is 0. The van der Waals surface area contributed by atoms with Gasteiger partial charge in [-0.3, -0.25) is 0 Å². The Morgan fingerprint density at radius 1 is 1.08 bits per heavy atom. The molecule has 0 amide bonds. The molecule has 0 fully saturated rings. The molecule has 0 N–H and O–H groups in total. The number of cyclic esters (lactones) is 1. The number of nitrogens with zero attached hydrogens (tertiary/aromatic N) is 1. The summed E-state index contributed by atoms with van der Waals surface area (Å²) < 4.78 is 16.5. The Morgan fingerprint density at radius 2 is 1.81 bits per heavy atom. The van der Waals surface area contributed by atoms with Crippen molar-refractivity contribution in [3.63, 3.8) is 0 Å². The van der Waals surface area contributed by atoms with Gasteiger partial charge in [-0.2, -0.15) is 0 Å². The van der Waals surface area contributed by atoms with Crippen LogP contribution in [-0.4, -0.2) is 26.1 Å². The van der Waals surface area contributed by atoms with Crippen molar-refractivity contribution in [3.8, 4) is 11.5 Å². The molecule has 0 radical (unpaired) electrons. The van der Waals surface area contributed by atoms with E-state index in [1.807, 2.05) is 36.4 Å². The average Bonchev–Trinajstić information content (AvgIpc) is 3.02. The molecule has 3 rings (SSSR count). The first kappa shape index (κ1) is 17.9. The maximum atomic E-state index is 12.1. The summed E-state index contributed by atoms with van der Waals surface area (Å²) in [6.45, 7) is 0. The Kier molecular flexibility index (Phi) is 5.53. The fourth-order valence-corrected chi connectivity index (χ4v) is 2.86. The van der Waals surface area contributed by atoms with E-state index in [1.54, 1.807) is 38.5 Å². The number of carbonyl (C=O) groups is 1. The minimum Gasteiger partial charge on any atom is -0.493 e. The lowest BCUT2D eigenvalue weighted by Gasteiger charge is -2.08. The van der Waals surface area contributed by atoms with Gasteiger partial charge in [-0.05, 0) is 35.9 Å². The first-order chi connectivity index (χ1) is 12.6. The van der Waals surface area contributed by atoms with Crippen molar-refractivity contribution < 1.29 is 19.0 Å². The molecule has 2 aromatic rings. The number of esters is 1. The molecule has 0 saturated carbocycles. The molecule has 2 aromatic carbocycles. The summed E-state index contributed by atoms with van der Waals surface area (Å²) in [4.78, 5) is 16.4. The molecule has 0 aromatic heterocycles. The molecule has 0 spiro atoms. The Bertz CT molecular complexity index is 917. The Morgan fingerprint density at radius 3 is 2.50 bits per heavy atom. The van der Waals surface area contributed by atoms with Crippen LogP contribution in [0.4, 0.5) is 0 Å². The van der Waals surface area contributed by atoms with Crippen LogP contribution in [0.1, 0.15) is 11.1 Å². The van der Waals surface area contributed by atoms with Crippen molar-refractivity contribution in [2.45, 2.75) is 0 Å². The third-order valence-electron chi connectivity index (χ3n) is 3.63. The molecule has 132 valence electrons. The highest BCUT2D eigenvalue weighted by atomic mass is 79.9. The third-order valence-corrected chi connectivity index (χ3v) is 4.09. The van der Waals surface area contributed by atoms with Crippen LogP contribution in [0.2, 0.25) is 0 Å². The number of hydrogen-bond acceptors (Lipinski definition) is 5. The van der Waals surface area contributed by atoms with Crippen LogP contribution in [0, 0.1) is 0 Å². The zero-order chi connectivity index (χ0) is 18.5. The van der Waals surface area contributed by atoms with Crippen molar-refractivity contribution in [1.82, 2.24) is 0 Å². The van der Waals surface area contributed by atoms with Gasteiger partial charge in [-0.15, -0.1) is 0 Å². The minimum atomic E-state index is -0.506. The lowest BCUT2D eigenvalue weighted by molar-refractivity contribution is -0.130. The van der Waals surface area contributed by atoms with Gasteiger partial charge in [0.05, 0.1) is 14.2 Å². The smallest absolute Gasteiger partial charge is 0.363 e. The van der Waals surface area contributed by atoms with Crippen LogP contribution in [-0.2, 0) is 9.53 Å². The number of rotatable bonds is 5. The normalized spacial score (nSPS) is 15.7. The lowest BCUT2D eigenvalue weighted by Crippen LogP contribution is -2.06. The zero-order valence-corrected chi connectivity index (χ0v) is 15.8. The van der Waals surface area contributed by atoms with Crippen molar-refractivity contribution in [2.24, 2.45) is 4.99 Å². The lowest BCUT2D eigenvalue weighted by atomic mass is 10.2. The highest BCUT2D eigenvalue weighted by Crippen LogP contribution is 2.29. The fourth-order valence-electron chi connectivity index (χ4n) is 2.38. The van der Waals surface area contributed by atoms with E-state index in [1.165, 1.54) is 0 Å². The number of methoxy groups -OCH3 is 2. The highest BCUT2D eigenvalue weighted by molar-refractivity contribution is 9.12. The molecule has 1 aliphatic heterocycles. The number of allylic oxidation sites excluding steroid dienone is 2. The summed E-state index contributed by atoms with van der Waals surface area (Å²) in [5.41, 5.74) is 1.85. The summed E-state index contributed by atoms with van der Waals surface area (Å²) >= 11 is 3.44. The molecule has 0 saturated heterocycles. The molecule has 1 heterocycles. The number of ether oxygens (including phenoxy) is 3. The van der Waals surface area contributed by atoms with E-state index in [0.29, 0.717) is 21.5 Å². The van der Waals surface area contributed by atoms with Gasteiger partial charge >= 0.3 is 5.97 Å². The Labute approximate surface area is 159 Å². The second-order valence-electron chi connectivity index (χ2n) is 5.35. The van der Waals surface area contributed by atoms with Crippen LogP contribution in [0.15, 0.2) is 69.8 Å². The predicted octanol–water partition coefficient (Wildman–Crippen LogP) is 4.33. The van der Waals surface area contributed by atoms with Crippen molar-refractivity contribution in [2.75, 3.05) is 14.2 Å². The first-order valence-corrected chi connectivity index (χ1v) is 8.57. The molecular formula is C20H16BrNO4. The van der Waals surface area contributed by atoms with Gasteiger partial charge in [0.2, 0.25) is 5.90 Å². The maximum Gasteiger partial charge on any atom is 0.363 e. The van der Waals surface area contributed by atoms with Crippen LogP contribution in [0.25, 0.3) is 6.08 Å². The summed E-state index contributed by atoms with van der Waals surface area (Å²) in [5.74, 6) is 0.840. The van der Waals surface area contributed by atoms with Crippen molar-refractivity contribution in [3.05, 3.63) is 75.9 Å². The number of benzene rings is 2. The van der Waals surface area contributed by atoms with Gasteiger partial charge in [-0.25, -0.2) is 9.79 Å². The first-order valence-electron chi connectivity index (χ1n) is 7.78. The van der Waals surface area contributed by atoms with E-state index in [2.05, 4.69) is 20.9 Å². The quantitative estimate of drug-likeness (QED) is 0.540. The van der Waals surface area contributed by atoms with Crippen molar-refractivity contribution >= 4 is 33.9 Å². The number of carbonyl (C=O) groups excluding carboxylic acids is 1. The highest BCUT2D eigenvalue weighted by Gasteiger charge is 2.25. The largest absolute Gasteiger partial charge is 0.493 e. The van der Waals surface area contributed by atoms with E-state index in [0.717, 1.165) is 5.56 Å². The van der Waals surface area contributed by atoms with Crippen LogP contribution in [0.5, 0.6) is 11.5 Å². The van der Waals surface area contributed by atoms with Gasteiger partial charge in [0.15, 0.2) is 17.2 Å². The Balaban J connectivity index is 1.88. The topological polar surface area (TPSA) is 57.1 Å². The zero-order valence-electron chi connectivity index (χ0n) is 14.2. The fraction of sp³-hybridized carbons (Fsp3) is 0.100. The third kappa shape index (κ3) is 4.03. The van der Waals surface area contributed by atoms with E-state index < -0.39 is 5.97 Å². The molecular weight excluding hydrogens is 398 g/mol. The van der Waals surface area contributed by atoms with Gasteiger partial charge in [0, 0.05) is 10.0 Å². The Hall–Kier alpha value is -2.86. The van der Waals surface area contributed by atoms with Gasteiger partial charge < -0.3 is 14.2 Å². The molecule has 0 unspecified atom stereocenters. The van der Waals surface area contributed by atoms with Crippen LogP contribution >= 0.6 is 15.9 Å². The standard InChI is InChI=1S/C20H16BrNO4/c1-24-17-9-8-14(11-18(17)25-2)19-22-16(20(23)26-19)12-15(21)10-13-6-4-3-5-7-13/h3-12H,1-2H3. The van der Waals surface area contributed by atoms with Crippen LogP contribution in [0.3, 0.4) is 0 Å². The predicted molar refractivity (Wildman–Crippen MR) is 104 cm³/mol. The summed E-state index contributed by atoms with van der Waals surface area (Å²) in [6.07, 6.45) is 3.52. The van der Waals surface area contributed by atoms with Gasteiger partial charge in [-0.1, -0.05) is 46.3 Å². The molecule has 5 nitrogen and oxygen atoms in total. The van der Waals surface area contributed by atoms with E-state index in [4.69, 9.17) is 14.2 Å². The summed E-state index contributed by atoms with van der Waals surface area (Å²) in [7, 11) is 3.10.